The average Bonchev–Trinajstić information content (AvgIpc) is 2.42. The molecular weight excluding hydrogens is 258 g/mol. The van der Waals surface area contributed by atoms with E-state index in [-0.39, 0.29) is 12.5 Å². The third kappa shape index (κ3) is 4.42. The Balaban J connectivity index is 2.73. The molecule has 0 aliphatic carbocycles. The zero-order chi connectivity index (χ0) is 15.1. The minimum absolute atomic E-state index is 0.220. The number of hydrogen-bond donors (Lipinski definition) is 2. The maximum Gasteiger partial charge on any atom is 0.255 e. The fraction of sp³-hybridized carbons (Fsp3) is 0.533. The first-order valence-electron chi connectivity index (χ1n) is 6.66. The number of aliphatic hydroxyl groups excluding tert-OH is 1. The number of rotatable bonds is 7. The predicted octanol–water partition coefficient (Wildman–Crippen LogP) is 1.84. The highest BCUT2D eigenvalue weighted by molar-refractivity contribution is 5.97. The second kappa shape index (κ2) is 7.75. The summed E-state index contributed by atoms with van der Waals surface area (Å²) in [6.45, 7) is 4.27. The zero-order valence-electron chi connectivity index (χ0n) is 12.5. The van der Waals surface area contributed by atoms with E-state index in [1.165, 1.54) is 14.2 Å². The van der Waals surface area contributed by atoms with Gasteiger partial charge in [-0.15, -0.1) is 0 Å². The highest BCUT2D eigenvalue weighted by Crippen LogP contribution is 2.30. The van der Waals surface area contributed by atoms with Crippen LogP contribution in [0.25, 0.3) is 0 Å². The molecule has 0 radical (unpaired) electrons. The number of hydrogen-bond acceptors (Lipinski definition) is 4. The molecule has 0 fully saturated rings. The van der Waals surface area contributed by atoms with Gasteiger partial charge >= 0.3 is 0 Å². The molecule has 1 amide bonds. The summed E-state index contributed by atoms with van der Waals surface area (Å²) in [4.78, 5) is 12.1. The van der Waals surface area contributed by atoms with Gasteiger partial charge in [-0.2, -0.15) is 0 Å². The van der Waals surface area contributed by atoms with Crippen molar-refractivity contribution in [2.45, 2.75) is 26.4 Å². The van der Waals surface area contributed by atoms with Crippen LogP contribution in [0.2, 0.25) is 0 Å². The summed E-state index contributed by atoms with van der Waals surface area (Å²) in [5.41, 5.74) is 0.392. The quantitative estimate of drug-likeness (QED) is 0.800. The molecule has 1 aromatic rings. The number of para-hydroxylation sites is 1. The predicted molar refractivity (Wildman–Crippen MR) is 77.3 cm³/mol. The third-order valence-corrected chi connectivity index (χ3v) is 2.89. The van der Waals surface area contributed by atoms with Crippen LogP contribution in [-0.4, -0.2) is 37.9 Å². The molecule has 0 saturated heterocycles. The highest BCUT2D eigenvalue weighted by Gasteiger charge is 2.17. The van der Waals surface area contributed by atoms with Crippen LogP contribution in [0.5, 0.6) is 11.5 Å². The minimum atomic E-state index is -0.546. The molecule has 5 nitrogen and oxygen atoms in total. The molecule has 1 atom stereocenters. The van der Waals surface area contributed by atoms with Crippen molar-refractivity contribution in [2.24, 2.45) is 5.92 Å². The number of carbonyl (C=O) groups excluding carboxylic acids is 1. The normalized spacial score (nSPS) is 12.1. The van der Waals surface area contributed by atoms with E-state index in [4.69, 9.17) is 9.47 Å². The Morgan fingerprint density at radius 1 is 1.30 bits per heavy atom. The lowest BCUT2D eigenvalue weighted by molar-refractivity contribution is 0.0896. The van der Waals surface area contributed by atoms with Crippen LogP contribution in [0.4, 0.5) is 0 Å². The van der Waals surface area contributed by atoms with Crippen molar-refractivity contribution in [1.29, 1.82) is 0 Å². The molecule has 0 spiro atoms. The van der Waals surface area contributed by atoms with Crippen LogP contribution in [0.1, 0.15) is 30.6 Å². The first kappa shape index (κ1) is 16.3. The fourth-order valence-corrected chi connectivity index (χ4v) is 2.00. The van der Waals surface area contributed by atoms with E-state index in [2.05, 4.69) is 5.32 Å². The van der Waals surface area contributed by atoms with Gasteiger partial charge < -0.3 is 19.9 Å². The molecule has 1 unspecified atom stereocenters. The van der Waals surface area contributed by atoms with Crippen LogP contribution in [0, 0.1) is 5.92 Å². The van der Waals surface area contributed by atoms with Gasteiger partial charge in [0.05, 0.1) is 25.9 Å². The Bertz CT molecular complexity index is 445. The minimum Gasteiger partial charge on any atom is -0.493 e. The summed E-state index contributed by atoms with van der Waals surface area (Å²) in [6, 6.07) is 5.11. The number of nitrogens with one attached hydrogen (secondary N) is 1. The van der Waals surface area contributed by atoms with Crippen LogP contribution in [0.3, 0.4) is 0 Å². The van der Waals surface area contributed by atoms with Crippen LogP contribution >= 0.6 is 0 Å². The molecular formula is C15H23NO4. The third-order valence-electron chi connectivity index (χ3n) is 2.89. The Morgan fingerprint density at radius 2 is 2.00 bits per heavy atom. The molecule has 0 aliphatic rings. The molecule has 0 aliphatic heterocycles. The van der Waals surface area contributed by atoms with Crippen molar-refractivity contribution in [2.75, 3.05) is 20.8 Å². The summed E-state index contributed by atoms with van der Waals surface area (Å²) < 4.78 is 10.4. The van der Waals surface area contributed by atoms with Gasteiger partial charge in [0.25, 0.3) is 5.91 Å². The molecule has 5 heteroatoms. The Kier molecular flexibility index (Phi) is 6.31. The topological polar surface area (TPSA) is 67.8 Å². The van der Waals surface area contributed by atoms with Crippen molar-refractivity contribution >= 4 is 5.91 Å². The van der Waals surface area contributed by atoms with Gasteiger partial charge in [0.15, 0.2) is 11.5 Å². The van der Waals surface area contributed by atoms with E-state index in [1.54, 1.807) is 18.2 Å². The maximum atomic E-state index is 12.1. The van der Waals surface area contributed by atoms with Gasteiger partial charge in [-0.3, -0.25) is 4.79 Å². The zero-order valence-corrected chi connectivity index (χ0v) is 12.5. The van der Waals surface area contributed by atoms with Gasteiger partial charge in [0, 0.05) is 6.54 Å². The van der Waals surface area contributed by atoms with E-state index in [0.717, 1.165) is 0 Å². The molecule has 112 valence electrons. The molecule has 20 heavy (non-hydrogen) atoms. The number of aliphatic hydroxyl groups is 1. The Morgan fingerprint density at radius 3 is 2.55 bits per heavy atom. The van der Waals surface area contributed by atoms with E-state index >= 15 is 0 Å². The summed E-state index contributed by atoms with van der Waals surface area (Å²) in [6.07, 6.45) is 0.103. The van der Waals surface area contributed by atoms with Gasteiger partial charge in [-0.25, -0.2) is 0 Å². The van der Waals surface area contributed by atoms with Crippen molar-refractivity contribution in [3.8, 4) is 11.5 Å². The van der Waals surface area contributed by atoms with Gasteiger partial charge in [-0.1, -0.05) is 19.9 Å². The Labute approximate surface area is 119 Å². The number of methoxy groups -OCH3 is 2. The second-order valence-corrected chi connectivity index (χ2v) is 5.03. The van der Waals surface area contributed by atoms with E-state index in [1.807, 2.05) is 13.8 Å². The number of amides is 1. The van der Waals surface area contributed by atoms with Crippen LogP contribution < -0.4 is 14.8 Å². The first-order chi connectivity index (χ1) is 9.49. The second-order valence-electron chi connectivity index (χ2n) is 5.03. The molecule has 0 aromatic heterocycles. The standard InChI is InChI=1S/C15H23NO4/c1-10(2)8-11(17)9-16-15(18)12-6-5-7-13(19-3)14(12)20-4/h5-7,10-11,17H,8-9H2,1-4H3,(H,16,18). The molecule has 0 bridgehead atoms. The monoisotopic (exact) mass is 281 g/mol. The van der Waals surface area contributed by atoms with Crippen LogP contribution in [0.15, 0.2) is 18.2 Å². The molecule has 1 rings (SSSR count). The number of benzene rings is 1. The van der Waals surface area contributed by atoms with Gasteiger partial charge in [0.2, 0.25) is 0 Å². The maximum absolute atomic E-state index is 12.1. The van der Waals surface area contributed by atoms with Gasteiger partial charge in [-0.05, 0) is 24.5 Å². The van der Waals surface area contributed by atoms with Crippen molar-refractivity contribution in [3.05, 3.63) is 23.8 Å². The van der Waals surface area contributed by atoms with Gasteiger partial charge in [0.1, 0.15) is 0 Å². The smallest absolute Gasteiger partial charge is 0.255 e. The molecule has 0 saturated carbocycles. The lowest BCUT2D eigenvalue weighted by atomic mass is 10.1. The average molecular weight is 281 g/mol. The summed E-state index contributed by atoms with van der Waals surface area (Å²) >= 11 is 0. The SMILES string of the molecule is COc1cccc(C(=O)NCC(O)CC(C)C)c1OC. The fourth-order valence-electron chi connectivity index (χ4n) is 2.00. The lowest BCUT2D eigenvalue weighted by Crippen LogP contribution is -2.33. The lowest BCUT2D eigenvalue weighted by Gasteiger charge is -2.15. The van der Waals surface area contributed by atoms with E-state index in [9.17, 15) is 9.90 Å². The van der Waals surface area contributed by atoms with Crippen LogP contribution in [-0.2, 0) is 0 Å². The number of ether oxygens (including phenoxy) is 2. The van der Waals surface area contributed by atoms with E-state index < -0.39 is 6.10 Å². The summed E-state index contributed by atoms with van der Waals surface area (Å²) in [5.74, 6) is 0.991. The highest BCUT2D eigenvalue weighted by atomic mass is 16.5. The molecule has 2 N–H and O–H groups in total. The molecule has 0 heterocycles. The van der Waals surface area contributed by atoms with Crippen molar-refractivity contribution < 1.29 is 19.4 Å². The van der Waals surface area contributed by atoms with E-state index in [0.29, 0.717) is 29.4 Å². The summed E-state index contributed by atoms with van der Waals surface area (Å²) in [7, 11) is 3.01. The number of carbonyl (C=O) groups is 1. The largest absolute Gasteiger partial charge is 0.493 e. The first-order valence-corrected chi connectivity index (χ1v) is 6.66. The Hall–Kier alpha value is -1.75. The van der Waals surface area contributed by atoms with Crippen molar-refractivity contribution in [1.82, 2.24) is 5.32 Å². The molecule has 1 aromatic carbocycles. The van der Waals surface area contributed by atoms with Crippen molar-refractivity contribution in [3.63, 3.8) is 0 Å². The summed E-state index contributed by atoms with van der Waals surface area (Å²) in [5, 5.41) is 12.5.